The van der Waals surface area contributed by atoms with E-state index >= 15 is 0 Å². The van der Waals surface area contributed by atoms with Crippen molar-refractivity contribution in [2.24, 2.45) is 0 Å². The second kappa shape index (κ2) is 9.27. The topological polar surface area (TPSA) is 136 Å². The quantitative estimate of drug-likeness (QED) is 0.418. The minimum Gasteiger partial charge on any atom is -0.464 e. The van der Waals surface area contributed by atoms with Gasteiger partial charge in [0.2, 0.25) is 5.60 Å². The molecule has 0 spiro atoms. The molecule has 2 aromatic heterocycles. The van der Waals surface area contributed by atoms with Crippen LogP contribution in [-0.4, -0.2) is 45.1 Å². The highest BCUT2D eigenvalue weighted by atomic mass is 19.4. The van der Waals surface area contributed by atoms with Gasteiger partial charge in [0.1, 0.15) is 11.9 Å². The molecule has 1 aliphatic heterocycles. The Balaban J connectivity index is 2.18. The van der Waals surface area contributed by atoms with Crippen LogP contribution >= 0.6 is 0 Å². The van der Waals surface area contributed by atoms with Gasteiger partial charge in [-0.15, -0.1) is 10.2 Å². The zero-order chi connectivity index (χ0) is 25.3. The minimum atomic E-state index is -5.19. The van der Waals surface area contributed by atoms with Crippen LogP contribution < -0.4 is 11.1 Å². The number of aromatic nitrogens is 3. The minimum absolute atomic E-state index is 0.0487. The van der Waals surface area contributed by atoms with Gasteiger partial charge in [-0.1, -0.05) is 12.8 Å². The average molecular weight is 497 g/mol. The summed E-state index contributed by atoms with van der Waals surface area (Å²) in [6, 6.07) is -0.800. The number of nitrogens with two attached hydrogens (primary N) is 1. The van der Waals surface area contributed by atoms with Gasteiger partial charge in [-0.3, -0.25) is 0 Å². The second-order valence-corrected chi connectivity index (χ2v) is 7.64. The smallest absolute Gasteiger partial charge is 0.426 e. The fraction of sp³-hybridized carbons (Fsp3) is 0.579. The van der Waals surface area contributed by atoms with E-state index in [2.05, 4.69) is 20.5 Å². The van der Waals surface area contributed by atoms with E-state index in [-0.39, 0.29) is 32.3 Å². The number of fused-ring (bicyclic) bond motifs is 5. The molecule has 1 aliphatic rings. The number of esters is 1. The molecular formula is C19H21F6N5O4. The van der Waals surface area contributed by atoms with E-state index in [0.29, 0.717) is 6.07 Å². The zero-order valence-corrected chi connectivity index (χ0v) is 17.8. The van der Waals surface area contributed by atoms with Crippen LogP contribution in [0.5, 0.6) is 0 Å². The molecule has 0 saturated heterocycles. The standard InChI is InChI=1S/C19H21F6N5O4/c1-2-33-15(31)11-6-4-3-5-7-17(32,19(23,24)25)16-30-29-14(34-16)12-10(26)8-9(18(20,21)22)13(27-11)28-12/h8,11,32H,2-7,26H2,1H3,(H,27,28). The molecule has 4 N–H and O–H groups in total. The Hall–Kier alpha value is -3.10. The van der Waals surface area contributed by atoms with Gasteiger partial charge < -0.3 is 25.3 Å². The van der Waals surface area contributed by atoms with Crippen molar-refractivity contribution in [3.63, 3.8) is 0 Å². The predicted molar refractivity (Wildman–Crippen MR) is 104 cm³/mol. The third-order valence-electron chi connectivity index (χ3n) is 5.22. The van der Waals surface area contributed by atoms with Crippen LogP contribution in [0.4, 0.5) is 37.8 Å². The molecule has 0 amide bonds. The monoisotopic (exact) mass is 497 g/mol. The van der Waals surface area contributed by atoms with Crippen LogP contribution in [0.25, 0.3) is 11.6 Å². The summed E-state index contributed by atoms with van der Waals surface area (Å²) in [5.41, 5.74) is -0.323. The van der Waals surface area contributed by atoms with Crippen LogP contribution in [0, 0.1) is 0 Å². The fourth-order valence-corrected chi connectivity index (χ4v) is 3.45. The highest BCUT2D eigenvalue weighted by molar-refractivity contribution is 5.80. The van der Waals surface area contributed by atoms with Crippen LogP contribution in [0.1, 0.15) is 50.5 Å². The van der Waals surface area contributed by atoms with Crippen molar-refractivity contribution in [2.75, 3.05) is 17.7 Å². The van der Waals surface area contributed by atoms with Crippen LogP contribution in [0.15, 0.2) is 10.5 Å². The Kier molecular flexibility index (Phi) is 6.96. The number of carbonyl (C=O) groups excluding carboxylic acids is 1. The number of hydrogen-bond donors (Lipinski definition) is 3. The number of carbonyl (C=O) groups is 1. The summed E-state index contributed by atoms with van der Waals surface area (Å²) >= 11 is 0. The maximum atomic E-state index is 13.7. The molecular weight excluding hydrogens is 476 g/mol. The summed E-state index contributed by atoms with van der Waals surface area (Å²) in [6.07, 6.45) is -11.0. The SMILES string of the molecule is CCOC(=O)C1CCCCCC(O)(C(F)(F)F)c2nnc(o2)-c2nc(c(C(F)(F)F)cc2N)N1. The summed E-state index contributed by atoms with van der Waals surface area (Å²) in [5.74, 6) is -3.61. The largest absolute Gasteiger partial charge is 0.464 e. The Morgan fingerprint density at radius 3 is 2.59 bits per heavy atom. The van der Waals surface area contributed by atoms with Crippen molar-refractivity contribution in [1.82, 2.24) is 15.2 Å². The number of hydrogen-bond acceptors (Lipinski definition) is 9. The molecule has 188 valence electrons. The molecule has 3 heterocycles. The van der Waals surface area contributed by atoms with Crippen molar-refractivity contribution in [1.29, 1.82) is 0 Å². The Morgan fingerprint density at radius 2 is 1.97 bits per heavy atom. The summed E-state index contributed by atoms with van der Waals surface area (Å²) in [7, 11) is 0. The molecule has 0 aromatic carbocycles. The average Bonchev–Trinajstić information content (AvgIpc) is 3.21. The maximum absolute atomic E-state index is 13.7. The van der Waals surface area contributed by atoms with E-state index in [4.69, 9.17) is 14.9 Å². The number of nitrogens with zero attached hydrogens (tertiary/aromatic N) is 3. The maximum Gasteiger partial charge on any atom is 0.426 e. The fourth-order valence-electron chi connectivity index (χ4n) is 3.45. The third-order valence-corrected chi connectivity index (χ3v) is 5.22. The molecule has 0 radical (unpaired) electrons. The number of nitrogens with one attached hydrogen (secondary N) is 1. The van der Waals surface area contributed by atoms with Gasteiger partial charge in [0.15, 0.2) is 5.69 Å². The number of pyridine rings is 1. The van der Waals surface area contributed by atoms with E-state index < -0.39 is 70.9 Å². The summed E-state index contributed by atoms with van der Waals surface area (Å²) in [6.45, 7) is 1.46. The van der Waals surface area contributed by atoms with Gasteiger partial charge in [0, 0.05) is 0 Å². The van der Waals surface area contributed by atoms with Gasteiger partial charge in [-0.25, -0.2) is 9.78 Å². The lowest BCUT2D eigenvalue weighted by Crippen LogP contribution is -2.42. The van der Waals surface area contributed by atoms with Crippen LogP contribution in [0.2, 0.25) is 0 Å². The molecule has 9 nitrogen and oxygen atoms in total. The molecule has 34 heavy (non-hydrogen) atoms. The Bertz CT molecular complexity index is 1040. The molecule has 4 bridgehead atoms. The van der Waals surface area contributed by atoms with E-state index in [9.17, 15) is 36.2 Å². The highest BCUT2D eigenvalue weighted by Crippen LogP contribution is 2.44. The van der Waals surface area contributed by atoms with Gasteiger partial charge in [0.25, 0.3) is 11.8 Å². The van der Waals surface area contributed by atoms with Crippen molar-refractivity contribution < 1.29 is 45.4 Å². The number of alkyl halides is 6. The first-order chi connectivity index (χ1) is 15.8. The summed E-state index contributed by atoms with van der Waals surface area (Å²) in [4.78, 5) is 16.1. The molecule has 2 unspecified atom stereocenters. The summed E-state index contributed by atoms with van der Waals surface area (Å²) in [5, 5.41) is 19.5. The number of rotatable bonds is 2. The molecule has 15 heteroatoms. The number of ether oxygens (including phenoxy) is 1. The molecule has 0 aliphatic carbocycles. The van der Waals surface area contributed by atoms with Crippen LogP contribution in [-0.2, 0) is 21.3 Å². The van der Waals surface area contributed by atoms with Crippen molar-refractivity contribution in [2.45, 2.75) is 63.0 Å². The number of aliphatic hydroxyl groups is 1. The lowest BCUT2D eigenvalue weighted by atomic mass is 9.94. The van der Waals surface area contributed by atoms with Gasteiger partial charge >= 0.3 is 18.3 Å². The predicted octanol–water partition coefficient (Wildman–Crippen LogP) is 3.79. The van der Waals surface area contributed by atoms with Gasteiger partial charge in [-0.05, 0) is 32.3 Å². The molecule has 3 rings (SSSR count). The second-order valence-electron chi connectivity index (χ2n) is 7.64. The van der Waals surface area contributed by atoms with E-state index in [1.807, 2.05) is 0 Å². The van der Waals surface area contributed by atoms with E-state index in [1.165, 1.54) is 6.92 Å². The summed E-state index contributed by atoms with van der Waals surface area (Å²) < 4.78 is 91.9. The third kappa shape index (κ3) is 5.03. The van der Waals surface area contributed by atoms with Crippen molar-refractivity contribution in [3.05, 3.63) is 17.5 Å². The lowest BCUT2D eigenvalue weighted by molar-refractivity contribution is -0.277. The normalized spacial score (nSPS) is 21.9. The molecule has 0 fully saturated rings. The Morgan fingerprint density at radius 1 is 1.26 bits per heavy atom. The number of nitrogen functional groups attached to an aromatic ring is 1. The van der Waals surface area contributed by atoms with E-state index in [1.54, 1.807) is 0 Å². The Labute approximate surface area is 188 Å². The molecule has 2 aromatic rings. The molecule has 0 saturated carbocycles. The number of halogens is 6. The molecule has 2 atom stereocenters. The van der Waals surface area contributed by atoms with Gasteiger partial charge in [-0.2, -0.15) is 26.3 Å². The zero-order valence-electron chi connectivity index (χ0n) is 17.8. The number of anilines is 2. The van der Waals surface area contributed by atoms with E-state index in [0.717, 1.165) is 0 Å². The first kappa shape index (κ1) is 25.5. The van der Waals surface area contributed by atoms with Crippen molar-refractivity contribution in [3.8, 4) is 11.6 Å². The van der Waals surface area contributed by atoms with Gasteiger partial charge in [0.05, 0.1) is 17.9 Å². The highest BCUT2D eigenvalue weighted by Gasteiger charge is 2.58. The van der Waals surface area contributed by atoms with Crippen LogP contribution in [0.3, 0.4) is 0 Å². The lowest BCUT2D eigenvalue weighted by Gasteiger charge is -2.27. The van der Waals surface area contributed by atoms with Crippen molar-refractivity contribution >= 4 is 17.5 Å². The first-order valence-corrected chi connectivity index (χ1v) is 10.2. The first-order valence-electron chi connectivity index (χ1n) is 10.2.